The summed E-state index contributed by atoms with van der Waals surface area (Å²) in [7, 11) is 0. The summed E-state index contributed by atoms with van der Waals surface area (Å²) in [6.07, 6.45) is 0. The summed E-state index contributed by atoms with van der Waals surface area (Å²) in [6.45, 7) is 17.9. The molecule has 9 aromatic carbocycles. The molecular formula is C62H56N2O2. The molecule has 66 heavy (non-hydrogen) atoms. The molecule has 2 heterocycles. The van der Waals surface area contributed by atoms with E-state index in [2.05, 4.69) is 235 Å². The third kappa shape index (κ3) is 7.26. The van der Waals surface area contributed by atoms with Crippen molar-refractivity contribution in [3.8, 4) is 0 Å². The Labute approximate surface area is 387 Å². The molecule has 326 valence electrons. The SMILES string of the molecule is CC(C)c1ccc(N(c2ccc(C(C)C)cc2)c2ccc3cc4c(cc3c2)oc2c4ccc3c4cc5ccc(N(c6ccc(C(C)C)cc6)c6ccc(C(C)C)cc6)cc5cc4oc32)cc1. The van der Waals surface area contributed by atoms with Crippen LogP contribution in [-0.2, 0) is 0 Å². The Morgan fingerprint density at radius 1 is 0.273 bits per heavy atom. The van der Waals surface area contributed by atoms with Crippen molar-refractivity contribution in [2.75, 3.05) is 9.80 Å². The summed E-state index contributed by atoms with van der Waals surface area (Å²) >= 11 is 0. The lowest BCUT2D eigenvalue weighted by atomic mass is 10.0. The first-order valence-corrected chi connectivity index (χ1v) is 23.7. The lowest BCUT2D eigenvalue weighted by molar-refractivity contribution is 0.634. The summed E-state index contributed by atoms with van der Waals surface area (Å²) in [6, 6.07) is 62.8. The van der Waals surface area contributed by atoms with E-state index >= 15 is 0 Å². The third-order valence-corrected chi connectivity index (χ3v) is 13.7. The number of anilines is 6. The van der Waals surface area contributed by atoms with E-state index in [1.165, 1.54) is 22.3 Å². The molecule has 0 fully saturated rings. The number of benzene rings is 9. The van der Waals surface area contributed by atoms with Crippen molar-refractivity contribution in [2.24, 2.45) is 0 Å². The maximum absolute atomic E-state index is 6.82. The minimum atomic E-state index is 0.465. The van der Waals surface area contributed by atoms with Gasteiger partial charge in [0.1, 0.15) is 11.2 Å². The van der Waals surface area contributed by atoms with Crippen LogP contribution in [0.25, 0.3) is 65.4 Å². The van der Waals surface area contributed by atoms with Crippen molar-refractivity contribution in [1.29, 1.82) is 0 Å². The van der Waals surface area contributed by atoms with E-state index < -0.39 is 0 Å². The zero-order valence-corrected chi connectivity index (χ0v) is 39.2. The first-order chi connectivity index (χ1) is 32.0. The quantitative estimate of drug-likeness (QED) is 0.137. The summed E-state index contributed by atoms with van der Waals surface area (Å²) in [5.74, 6) is 1.86. The fraction of sp³-hybridized carbons (Fsp3) is 0.194. The normalized spacial score (nSPS) is 12.2. The maximum Gasteiger partial charge on any atom is 0.178 e. The molecule has 0 aliphatic carbocycles. The van der Waals surface area contributed by atoms with Crippen LogP contribution < -0.4 is 9.80 Å². The van der Waals surface area contributed by atoms with E-state index in [0.29, 0.717) is 23.7 Å². The molecule has 4 nitrogen and oxygen atoms in total. The van der Waals surface area contributed by atoms with Gasteiger partial charge in [-0.1, -0.05) is 116 Å². The molecule has 0 unspecified atom stereocenters. The van der Waals surface area contributed by atoms with Gasteiger partial charge in [0.15, 0.2) is 11.2 Å². The number of fused-ring (bicyclic) bond motifs is 9. The summed E-state index contributed by atoms with van der Waals surface area (Å²) in [4.78, 5) is 4.71. The van der Waals surface area contributed by atoms with Gasteiger partial charge in [-0.25, -0.2) is 0 Å². The number of nitrogens with zero attached hydrogens (tertiary/aromatic N) is 2. The van der Waals surface area contributed by atoms with Crippen LogP contribution in [0.1, 0.15) is 101 Å². The van der Waals surface area contributed by atoms with Gasteiger partial charge in [0.05, 0.1) is 0 Å². The Bertz CT molecular complexity index is 3230. The summed E-state index contributed by atoms with van der Waals surface area (Å²) < 4.78 is 13.6. The third-order valence-electron chi connectivity index (χ3n) is 13.7. The van der Waals surface area contributed by atoms with Gasteiger partial charge in [0.25, 0.3) is 0 Å². The highest BCUT2D eigenvalue weighted by atomic mass is 16.4. The molecule has 2 aromatic heterocycles. The molecule has 11 aromatic rings. The number of furan rings is 2. The molecule has 0 radical (unpaired) electrons. The van der Waals surface area contributed by atoms with Crippen LogP contribution in [0.4, 0.5) is 34.1 Å². The van der Waals surface area contributed by atoms with Crippen molar-refractivity contribution in [1.82, 2.24) is 0 Å². The fourth-order valence-electron chi connectivity index (χ4n) is 9.73. The Morgan fingerprint density at radius 2 is 0.561 bits per heavy atom. The van der Waals surface area contributed by atoms with Crippen molar-refractivity contribution in [3.63, 3.8) is 0 Å². The first kappa shape index (κ1) is 41.4. The van der Waals surface area contributed by atoms with Gasteiger partial charge in [0, 0.05) is 55.7 Å². The zero-order valence-electron chi connectivity index (χ0n) is 39.2. The Morgan fingerprint density at radius 3 is 0.848 bits per heavy atom. The first-order valence-electron chi connectivity index (χ1n) is 23.7. The molecule has 0 spiro atoms. The highest BCUT2D eigenvalue weighted by molar-refractivity contribution is 6.21. The Kier molecular flexibility index (Phi) is 10.2. The minimum absolute atomic E-state index is 0.465. The monoisotopic (exact) mass is 860 g/mol. The highest BCUT2D eigenvalue weighted by Crippen LogP contribution is 2.44. The molecule has 0 atom stereocenters. The molecule has 0 amide bonds. The van der Waals surface area contributed by atoms with Gasteiger partial charge in [-0.3, -0.25) is 0 Å². The molecule has 0 saturated heterocycles. The lowest BCUT2D eigenvalue weighted by Gasteiger charge is -2.26. The second-order valence-electron chi connectivity index (χ2n) is 19.4. The standard InChI is InChI=1S/C62H56N2O2/c1-37(2)41-9-19-49(20-10-41)63(50-21-11-42(12-22-50)38(3)4)53-27-17-45-33-57-55-29-30-56-58-34-46-18-28-54(32-48(46)36-60(58)66-62(56)61(55)65-59(57)35-47(45)31-53)64(51-23-13-43(14-24-51)39(5)6)52-25-15-44(16-26-52)40(7)8/h9-40H,1-8H3. The molecule has 11 rings (SSSR count). The molecule has 0 aliphatic rings. The van der Waals surface area contributed by atoms with Crippen LogP contribution in [0.2, 0.25) is 0 Å². The van der Waals surface area contributed by atoms with Crippen LogP contribution in [0.15, 0.2) is 179 Å². The van der Waals surface area contributed by atoms with Gasteiger partial charge in [0.2, 0.25) is 0 Å². The second-order valence-corrected chi connectivity index (χ2v) is 19.4. The van der Waals surface area contributed by atoms with Gasteiger partial charge >= 0.3 is 0 Å². The van der Waals surface area contributed by atoms with E-state index in [1.54, 1.807) is 0 Å². The van der Waals surface area contributed by atoms with Gasteiger partial charge in [-0.05, 0) is 177 Å². The average molecular weight is 861 g/mol. The predicted octanol–water partition coefficient (Wildman–Crippen LogP) is 19.2. The van der Waals surface area contributed by atoms with E-state index in [0.717, 1.165) is 99.5 Å². The minimum Gasteiger partial charge on any atom is -0.452 e. The zero-order chi connectivity index (χ0) is 45.4. The molecule has 0 saturated carbocycles. The van der Waals surface area contributed by atoms with Crippen LogP contribution in [0.5, 0.6) is 0 Å². The highest BCUT2D eigenvalue weighted by Gasteiger charge is 2.20. The largest absolute Gasteiger partial charge is 0.452 e. The van der Waals surface area contributed by atoms with Gasteiger partial charge in [-0.2, -0.15) is 0 Å². The topological polar surface area (TPSA) is 32.8 Å². The molecular weight excluding hydrogens is 805 g/mol. The van der Waals surface area contributed by atoms with E-state index in [4.69, 9.17) is 8.83 Å². The number of hydrogen-bond acceptors (Lipinski definition) is 4. The molecule has 0 bridgehead atoms. The van der Waals surface area contributed by atoms with Crippen LogP contribution >= 0.6 is 0 Å². The van der Waals surface area contributed by atoms with E-state index in [9.17, 15) is 0 Å². The Balaban J connectivity index is 0.996. The summed E-state index contributed by atoms with van der Waals surface area (Å²) in [5.41, 5.74) is 15.2. The van der Waals surface area contributed by atoms with Crippen LogP contribution in [0.3, 0.4) is 0 Å². The van der Waals surface area contributed by atoms with Gasteiger partial charge in [-0.15, -0.1) is 0 Å². The number of hydrogen-bond donors (Lipinski definition) is 0. The van der Waals surface area contributed by atoms with Crippen molar-refractivity contribution in [2.45, 2.75) is 79.1 Å². The van der Waals surface area contributed by atoms with Crippen molar-refractivity contribution in [3.05, 3.63) is 192 Å². The Hall–Kier alpha value is -7.30. The maximum atomic E-state index is 6.82. The van der Waals surface area contributed by atoms with Crippen molar-refractivity contribution >= 4 is 99.5 Å². The molecule has 4 heteroatoms. The van der Waals surface area contributed by atoms with Crippen LogP contribution in [-0.4, -0.2) is 0 Å². The fourth-order valence-corrected chi connectivity index (χ4v) is 9.73. The second kappa shape index (κ2) is 16.3. The molecule has 0 N–H and O–H groups in total. The van der Waals surface area contributed by atoms with Crippen LogP contribution in [0, 0.1) is 0 Å². The van der Waals surface area contributed by atoms with E-state index in [-0.39, 0.29) is 0 Å². The average Bonchev–Trinajstić information content (AvgIpc) is 3.88. The van der Waals surface area contributed by atoms with E-state index in [1.807, 2.05) is 0 Å². The number of rotatable bonds is 10. The smallest absolute Gasteiger partial charge is 0.178 e. The lowest BCUT2D eigenvalue weighted by Crippen LogP contribution is -2.10. The predicted molar refractivity (Wildman–Crippen MR) is 282 cm³/mol. The summed E-state index contributed by atoms with van der Waals surface area (Å²) in [5, 5.41) is 8.81. The van der Waals surface area contributed by atoms with Gasteiger partial charge < -0.3 is 18.6 Å². The molecule has 0 aliphatic heterocycles. The van der Waals surface area contributed by atoms with Crippen molar-refractivity contribution < 1.29 is 8.83 Å².